The zero-order valence-electron chi connectivity index (χ0n) is 15.8. The molecule has 0 saturated carbocycles. The van der Waals surface area contributed by atoms with Crippen molar-refractivity contribution in [3.63, 3.8) is 0 Å². The fourth-order valence-corrected chi connectivity index (χ4v) is 3.91. The zero-order chi connectivity index (χ0) is 20.8. The maximum atomic E-state index is 13.4. The number of hydrogen-bond donors (Lipinski definition) is 0. The van der Waals surface area contributed by atoms with E-state index < -0.39 is 11.9 Å². The Morgan fingerprint density at radius 3 is 2.67 bits per heavy atom. The molecule has 6 nitrogen and oxygen atoms in total. The number of rotatable bonds is 3. The van der Waals surface area contributed by atoms with Gasteiger partial charge in [0, 0.05) is 6.20 Å². The first-order valence-electron chi connectivity index (χ1n) is 9.23. The van der Waals surface area contributed by atoms with Gasteiger partial charge in [0.15, 0.2) is 5.43 Å². The van der Waals surface area contributed by atoms with Gasteiger partial charge in [-0.2, -0.15) is 0 Å². The molecule has 0 N–H and O–H groups in total. The highest BCUT2D eigenvalue weighted by Crippen LogP contribution is 2.41. The van der Waals surface area contributed by atoms with Gasteiger partial charge in [0.1, 0.15) is 17.2 Å². The van der Waals surface area contributed by atoms with Crippen LogP contribution in [-0.4, -0.2) is 18.0 Å². The molecule has 0 aliphatic carbocycles. The van der Waals surface area contributed by atoms with Crippen LogP contribution >= 0.6 is 11.6 Å². The number of halogens is 1. The molecule has 2 aromatic carbocycles. The monoisotopic (exact) mass is 418 g/mol. The summed E-state index contributed by atoms with van der Waals surface area (Å²) in [5.74, 6) is 0.563. The Balaban J connectivity index is 1.81. The van der Waals surface area contributed by atoms with Gasteiger partial charge in [0.05, 0.1) is 29.1 Å². The second-order valence-corrected chi connectivity index (χ2v) is 7.30. The molecule has 0 fully saturated rings. The minimum absolute atomic E-state index is 0.0169. The van der Waals surface area contributed by atoms with Crippen molar-refractivity contribution in [2.24, 2.45) is 0 Å². The average molecular weight is 419 g/mol. The quantitative estimate of drug-likeness (QED) is 0.486. The zero-order valence-corrected chi connectivity index (χ0v) is 16.6. The highest BCUT2D eigenvalue weighted by Gasteiger charge is 2.44. The van der Waals surface area contributed by atoms with Crippen molar-refractivity contribution in [2.75, 3.05) is 12.0 Å². The summed E-state index contributed by atoms with van der Waals surface area (Å²) in [6, 6.07) is 16.7. The molecule has 0 bridgehead atoms. The van der Waals surface area contributed by atoms with Crippen LogP contribution in [0, 0.1) is 0 Å². The van der Waals surface area contributed by atoms with E-state index in [1.54, 1.807) is 55.6 Å². The minimum atomic E-state index is -0.711. The number of nitrogens with zero attached hydrogens (tertiary/aromatic N) is 2. The van der Waals surface area contributed by atoms with Crippen LogP contribution in [0.5, 0.6) is 5.75 Å². The van der Waals surface area contributed by atoms with Crippen molar-refractivity contribution in [3.8, 4) is 5.75 Å². The van der Waals surface area contributed by atoms with Crippen molar-refractivity contribution < 1.29 is 13.9 Å². The summed E-state index contributed by atoms with van der Waals surface area (Å²) in [5, 5.41) is 0.864. The third kappa shape index (κ3) is 2.76. The number of hydrogen-bond acceptors (Lipinski definition) is 5. The van der Waals surface area contributed by atoms with Crippen LogP contribution in [0.4, 0.5) is 5.82 Å². The molecule has 0 radical (unpaired) electrons. The smallest absolute Gasteiger partial charge is 0.296 e. The Labute approximate surface area is 176 Å². The first-order valence-corrected chi connectivity index (χ1v) is 9.61. The maximum absolute atomic E-state index is 13.4. The summed E-state index contributed by atoms with van der Waals surface area (Å²) in [4.78, 5) is 32.6. The second kappa shape index (κ2) is 7.00. The highest BCUT2D eigenvalue weighted by atomic mass is 35.5. The van der Waals surface area contributed by atoms with E-state index in [1.165, 1.54) is 11.1 Å². The molecule has 7 heteroatoms. The van der Waals surface area contributed by atoms with Gasteiger partial charge in [0.2, 0.25) is 5.76 Å². The van der Waals surface area contributed by atoms with Gasteiger partial charge < -0.3 is 9.15 Å². The van der Waals surface area contributed by atoms with Crippen LogP contribution < -0.4 is 15.1 Å². The number of aromatic nitrogens is 1. The number of pyridine rings is 1. The minimum Gasteiger partial charge on any atom is -0.497 e. The van der Waals surface area contributed by atoms with Gasteiger partial charge in [-0.1, -0.05) is 35.9 Å². The molecule has 148 valence electrons. The molecule has 1 atom stereocenters. The van der Waals surface area contributed by atoms with Gasteiger partial charge in [-0.25, -0.2) is 4.98 Å². The molecule has 4 aromatic rings. The average Bonchev–Trinajstić information content (AvgIpc) is 3.07. The molecule has 0 spiro atoms. The summed E-state index contributed by atoms with van der Waals surface area (Å²) in [6.07, 6.45) is 1.46. The number of benzene rings is 2. The van der Waals surface area contributed by atoms with Crippen molar-refractivity contribution in [2.45, 2.75) is 6.04 Å². The van der Waals surface area contributed by atoms with Crippen molar-refractivity contribution in [1.29, 1.82) is 0 Å². The molecule has 0 saturated heterocycles. The lowest BCUT2D eigenvalue weighted by Crippen LogP contribution is -2.30. The van der Waals surface area contributed by atoms with Gasteiger partial charge in [0.25, 0.3) is 5.91 Å². The molecule has 5 rings (SSSR count). The molecule has 3 heterocycles. The fraction of sp³-hybridized carbons (Fsp3) is 0.0870. The standard InChI is InChI=1S/C23H15ClN2O4/c1-29-15-6-4-5-13(11-15)20-19-21(27)16-7-2-3-8-17(16)30-22(19)23(28)26(20)18-10-9-14(24)12-25-18/h2-12,20H,1H3/t20-/m1/s1. The summed E-state index contributed by atoms with van der Waals surface area (Å²) < 4.78 is 11.3. The van der Waals surface area contributed by atoms with Crippen LogP contribution in [0.1, 0.15) is 27.7 Å². The third-order valence-electron chi connectivity index (χ3n) is 5.15. The van der Waals surface area contributed by atoms with E-state index in [0.717, 1.165) is 0 Å². The predicted molar refractivity (Wildman–Crippen MR) is 113 cm³/mol. The Hall–Kier alpha value is -3.64. The molecule has 0 unspecified atom stereocenters. The second-order valence-electron chi connectivity index (χ2n) is 6.86. The number of fused-ring (bicyclic) bond motifs is 2. The summed E-state index contributed by atoms with van der Waals surface area (Å²) in [5.41, 5.74) is 1.11. The Bertz CT molecular complexity index is 1350. The van der Waals surface area contributed by atoms with E-state index in [0.29, 0.717) is 33.1 Å². The highest BCUT2D eigenvalue weighted by molar-refractivity contribution is 6.30. The van der Waals surface area contributed by atoms with E-state index in [9.17, 15) is 9.59 Å². The number of carbonyl (C=O) groups is 1. The number of ether oxygens (including phenoxy) is 1. The third-order valence-corrected chi connectivity index (χ3v) is 5.37. The van der Waals surface area contributed by atoms with Crippen LogP contribution in [0.25, 0.3) is 11.0 Å². The molecule has 1 aliphatic heterocycles. The van der Waals surface area contributed by atoms with Gasteiger partial charge in [-0.3, -0.25) is 14.5 Å². The first-order chi connectivity index (χ1) is 14.6. The predicted octanol–water partition coefficient (Wildman–Crippen LogP) is 4.60. The van der Waals surface area contributed by atoms with Crippen molar-refractivity contribution in [1.82, 2.24) is 4.98 Å². The number of amides is 1. The van der Waals surface area contributed by atoms with Gasteiger partial charge in [-0.05, 0) is 42.0 Å². The Morgan fingerprint density at radius 2 is 1.90 bits per heavy atom. The normalized spacial score (nSPS) is 15.5. The van der Waals surface area contributed by atoms with Crippen molar-refractivity contribution in [3.05, 3.63) is 99.0 Å². The van der Waals surface area contributed by atoms with Crippen LogP contribution in [0.3, 0.4) is 0 Å². The number of methoxy groups -OCH3 is 1. The largest absolute Gasteiger partial charge is 0.497 e. The molecule has 30 heavy (non-hydrogen) atoms. The van der Waals surface area contributed by atoms with E-state index in [2.05, 4.69) is 4.98 Å². The molecular weight excluding hydrogens is 404 g/mol. The molecule has 1 amide bonds. The Morgan fingerprint density at radius 1 is 1.07 bits per heavy atom. The fourth-order valence-electron chi connectivity index (χ4n) is 3.79. The van der Waals surface area contributed by atoms with Crippen LogP contribution in [0.2, 0.25) is 5.02 Å². The lowest BCUT2D eigenvalue weighted by molar-refractivity contribution is 0.0970. The number of para-hydroxylation sites is 1. The van der Waals surface area contributed by atoms with E-state index in [-0.39, 0.29) is 16.8 Å². The number of anilines is 1. The maximum Gasteiger partial charge on any atom is 0.296 e. The van der Waals surface area contributed by atoms with E-state index >= 15 is 0 Å². The topological polar surface area (TPSA) is 72.6 Å². The summed E-state index contributed by atoms with van der Waals surface area (Å²) in [7, 11) is 1.56. The van der Waals surface area contributed by atoms with Gasteiger partial charge >= 0.3 is 0 Å². The Kier molecular flexibility index (Phi) is 4.29. The van der Waals surface area contributed by atoms with Crippen LogP contribution in [-0.2, 0) is 0 Å². The lowest BCUT2D eigenvalue weighted by Gasteiger charge is -2.24. The first kappa shape index (κ1) is 18.4. The molecule has 1 aliphatic rings. The molecular formula is C23H15ClN2O4. The van der Waals surface area contributed by atoms with E-state index in [4.69, 9.17) is 20.8 Å². The van der Waals surface area contributed by atoms with Crippen molar-refractivity contribution >= 4 is 34.3 Å². The summed E-state index contributed by atoms with van der Waals surface area (Å²) >= 11 is 5.98. The summed E-state index contributed by atoms with van der Waals surface area (Å²) in [6.45, 7) is 0. The SMILES string of the molecule is COc1cccc([C@@H]2c3c(oc4ccccc4c3=O)C(=O)N2c2ccc(Cl)cn2)c1. The number of carbonyl (C=O) groups excluding carboxylic acids is 1. The molecule has 2 aromatic heterocycles. The lowest BCUT2D eigenvalue weighted by atomic mass is 9.98. The van der Waals surface area contributed by atoms with Crippen LogP contribution in [0.15, 0.2) is 76.1 Å². The van der Waals surface area contributed by atoms with E-state index in [1.807, 2.05) is 12.1 Å². The van der Waals surface area contributed by atoms with Gasteiger partial charge in [-0.15, -0.1) is 0 Å².